The Morgan fingerprint density at radius 2 is 1.85 bits per heavy atom. The first-order chi connectivity index (χ1) is 18.6. The number of sulfonamides is 1. The number of carboxylic acid groups (broad SMARTS) is 1. The second-order valence-electron chi connectivity index (χ2n) is 9.09. The molecule has 1 heterocycles. The molecule has 0 bridgehead atoms. The molecule has 1 fully saturated rings. The number of rotatable bonds is 11. The fourth-order valence-corrected chi connectivity index (χ4v) is 4.93. The van der Waals surface area contributed by atoms with Crippen LogP contribution >= 0.6 is 11.6 Å². The van der Waals surface area contributed by atoms with Gasteiger partial charge in [0.25, 0.3) is 5.91 Å². The first-order valence-corrected chi connectivity index (χ1v) is 13.9. The summed E-state index contributed by atoms with van der Waals surface area (Å²) >= 11 is 5.78. The average Bonchev–Trinajstić information content (AvgIpc) is 2.88. The Balaban J connectivity index is 0.00000588. The number of aliphatic hydroxyl groups excluding tert-OH is 3. The molecule has 0 aliphatic carbocycles. The molecule has 2 aromatic carbocycles. The molecule has 0 aromatic heterocycles. The van der Waals surface area contributed by atoms with E-state index in [1.807, 2.05) is 4.72 Å². The number of amides is 1. The molecule has 1 saturated heterocycles. The maximum Gasteiger partial charge on any atom is 1.00 e. The van der Waals surface area contributed by atoms with E-state index in [0.717, 1.165) is 24.5 Å². The fraction of sp³-hybridized carbons (Fsp3) is 0.417. The van der Waals surface area contributed by atoms with Crippen LogP contribution in [0.5, 0.6) is 0 Å². The van der Waals surface area contributed by atoms with Gasteiger partial charge in [-0.2, -0.15) is 0 Å². The number of hydrogen-bond donors (Lipinski definition) is 5. The minimum Gasteiger partial charge on any atom is -0.544 e. The number of nitrogens with one attached hydrogen (secondary N) is 2. The van der Waals surface area contributed by atoms with Crippen molar-refractivity contribution in [3.8, 4) is 0 Å². The average molecular weight is 631 g/mol. The molecule has 0 unspecified atom stereocenters. The Labute approximate surface area is 260 Å². The molecule has 1 amide bonds. The van der Waals surface area contributed by atoms with Gasteiger partial charge in [0, 0.05) is 29.1 Å². The van der Waals surface area contributed by atoms with Gasteiger partial charge in [-0.15, -0.1) is 0 Å². The van der Waals surface area contributed by atoms with E-state index in [1.165, 1.54) is 24.3 Å². The van der Waals surface area contributed by atoms with Crippen LogP contribution in [-0.2, 0) is 30.9 Å². The van der Waals surface area contributed by atoms with Crippen LogP contribution in [0.4, 0.5) is 8.78 Å². The predicted octanol–water partition coefficient (Wildman–Crippen LogP) is -4.20. The molecule has 12 nitrogen and oxygen atoms in total. The van der Waals surface area contributed by atoms with Gasteiger partial charge in [0.1, 0.15) is 18.2 Å². The van der Waals surface area contributed by atoms with E-state index in [-0.39, 0.29) is 35.1 Å². The number of carboxylic acids is 1. The van der Waals surface area contributed by atoms with Crippen molar-refractivity contribution in [2.24, 2.45) is 0 Å². The van der Waals surface area contributed by atoms with Crippen LogP contribution in [0, 0.1) is 11.6 Å². The Kier molecular flexibility index (Phi) is 12.6. The zero-order chi connectivity index (χ0) is 29.8. The van der Waals surface area contributed by atoms with Gasteiger partial charge in [0.15, 0.2) is 11.6 Å². The standard InChI is InChI=1S/C24H27ClF2N2O10S.Na/c1-40(36,37)29-19-16(30)9-24(23(34)35,38-11-13-3-2-4-15(26)18(13)27)39-21(19)20(32)17(31)10-28-22(33)12-5-7-14(25)8-6-12;/h2-8,16-17,19-21,29-32H,9-11H2,1H3,(H,28,33)(H,34,35);/q;+1/p-1/t16-,17+,19+,20+,21+,24+;/m0./s1. The van der Waals surface area contributed by atoms with Crippen molar-refractivity contribution >= 4 is 33.5 Å². The first kappa shape index (κ1) is 35.4. The number of aliphatic hydroxyl groups is 3. The molecule has 3 rings (SSSR count). The third kappa shape index (κ3) is 9.11. The molecule has 0 spiro atoms. The van der Waals surface area contributed by atoms with Crippen LogP contribution in [0.3, 0.4) is 0 Å². The van der Waals surface area contributed by atoms with Crippen LogP contribution in [-0.4, -0.2) is 84.7 Å². The van der Waals surface area contributed by atoms with E-state index in [1.54, 1.807) is 0 Å². The fourth-order valence-electron chi connectivity index (χ4n) is 4.02. The van der Waals surface area contributed by atoms with Crippen molar-refractivity contribution in [3.63, 3.8) is 0 Å². The molecule has 1 aliphatic rings. The Hall–Kier alpha value is -1.76. The predicted molar refractivity (Wildman–Crippen MR) is 132 cm³/mol. The van der Waals surface area contributed by atoms with Gasteiger partial charge in [-0.3, -0.25) is 4.79 Å². The molecule has 2 aromatic rings. The molecule has 17 heteroatoms. The third-order valence-corrected chi connectivity index (χ3v) is 6.99. The minimum atomic E-state index is -4.10. The SMILES string of the molecule is CS(=O)(=O)N[C@H]1[C@H]([C@H](O)[C@H](O)CNC(=O)c2ccc(Cl)cc2)O[C@@](OCc2cccc(F)c2F)(C(=O)[O-])C[C@@H]1O.[Na+]. The number of aliphatic carboxylic acids is 1. The number of benzene rings is 2. The summed E-state index contributed by atoms with van der Waals surface area (Å²) in [5, 5.41) is 47.0. The molecule has 6 atom stereocenters. The van der Waals surface area contributed by atoms with Gasteiger partial charge in [-0.05, 0) is 30.3 Å². The Bertz CT molecular complexity index is 1340. The van der Waals surface area contributed by atoms with Gasteiger partial charge >= 0.3 is 29.6 Å². The van der Waals surface area contributed by atoms with E-state index in [9.17, 15) is 47.2 Å². The number of carbonyl (C=O) groups excluding carboxylic acids is 2. The second-order valence-corrected chi connectivity index (χ2v) is 11.3. The van der Waals surface area contributed by atoms with Crippen LogP contribution in [0.25, 0.3) is 0 Å². The summed E-state index contributed by atoms with van der Waals surface area (Å²) < 4.78 is 64.2. The summed E-state index contributed by atoms with van der Waals surface area (Å²) in [6.07, 6.45) is -8.18. The molecule has 1 aliphatic heterocycles. The maximum atomic E-state index is 14.1. The van der Waals surface area contributed by atoms with Crippen LogP contribution < -0.4 is 44.7 Å². The Morgan fingerprint density at radius 3 is 2.44 bits per heavy atom. The van der Waals surface area contributed by atoms with Gasteiger partial charge in [-0.1, -0.05) is 23.7 Å². The quantitative estimate of drug-likeness (QED) is 0.152. The van der Waals surface area contributed by atoms with E-state index >= 15 is 0 Å². The van der Waals surface area contributed by atoms with Crippen molar-refractivity contribution in [2.45, 2.75) is 49.3 Å². The minimum absolute atomic E-state index is 0. The van der Waals surface area contributed by atoms with E-state index in [0.29, 0.717) is 5.02 Å². The normalized spacial score (nSPS) is 24.1. The van der Waals surface area contributed by atoms with Crippen molar-refractivity contribution < 1.29 is 86.2 Å². The van der Waals surface area contributed by atoms with E-state index in [2.05, 4.69) is 5.32 Å². The number of carbonyl (C=O) groups is 2. The van der Waals surface area contributed by atoms with Crippen molar-refractivity contribution in [2.75, 3.05) is 12.8 Å². The number of hydrogen-bond acceptors (Lipinski definition) is 10. The topological polar surface area (TPSA) is 195 Å². The van der Waals surface area contributed by atoms with Gasteiger partial charge in [0.2, 0.25) is 15.8 Å². The second kappa shape index (κ2) is 14.6. The number of ether oxygens (including phenoxy) is 2. The van der Waals surface area contributed by atoms with Crippen molar-refractivity contribution in [1.29, 1.82) is 0 Å². The Morgan fingerprint density at radius 1 is 1.22 bits per heavy atom. The first-order valence-electron chi connectivity index (χ1n) is 11.6. The summed E-state index contributed by atoms with van der Waals surface area (Å²) in [5.74, 6) is -8.26. The van der Waals surface area contributed by atoms with E-state index < -0.39 is 94.9 Å². The van der Waals surface area contributed by atoms with Crippen molar-refractivity contribution in [3.05, 3.63) is 70.2 Å². The zero-order valence-corrected chi connectivity index (χ0v) is 25.4. The monoisotopic (exact) mass is 630 g/mol. The van der Waals surface area contributed by atoms with Gasteiger partial charge < -0.3 is 40.0 Å². The summed E-state index contributed by atoms with van der Waals surface area (Å²) in [6.45, 7) is -1.52. The molecular formula is C24H26ClF2N2NaO10S. The van der Waals surface area contributed by atoms with Crippen LogP contribution in [0.1, 0.15) is 22.3 Å². The third-order valence-electron chi connectivity index (χ3n) is 6.04. The summed E-state index contributed by atoms with van der Waals surface area (Å²) in [4.78, 5) is 24.5. The van der Waals surface area contributed by atoms with E-state index in [4.69, 9.17) is 21.1 Å². The largest absolute Gasteiger partial charge is 1.00 e. The molecular weight excluding hydrogens is 605 g/mol. The molecule has 0 saturated carbocycles. The maximum absolute atomic E-state index is 14.1. The number of halogens is 3. The molecule has 220 valence electrons. The van der Waals surface area contributed by atoms with Crippen LogP contribution in [0.15, 0.2) is 42.5 Å². The molecule has 0 radical (unpaired) electrons. The van der Waals surface area contributed by atoms with Crippen LogP contribution in [0.2, 0.25) is 5.02 Å². The summed E-state index contributed by atoms with van der Waals surface area (Å²) in [6, 6.07) is 6.98. The molecule has 41 heavy (non-hydrogen) atoms. The zero-order valence-electron chi connectivity index (χ0n) is 21.8. The smallest absolute Gasteiger partial charge is 0.544 e. The summed E-state index contributed by atoms with van der Waals surface area (Å²) in [7, 11) is -4.10. The summed E-state index contributed by atoms with van der Waals surface area (Å²) in [5.41, 5.74) is -0.266. The van der Waals surface area contributed by atoms with Crippen molar-refractivity contribution in [1.82, 2.24) is 10.0 Å². The van der Waals surface area contributed by atoms with Gasteiger partial charge in [0.05, 0.1) is 31.1 Å². The molecule has 5 N–H and O–H groups in total. The van der Waals surface area contributed by atoms with Gasteiger partial charge in [-0.25, -0.2) is 21.9 Å².